The highest BCUT2D eigenvalue weighted by atomic mass is 19.1. The Morgan fingerprint density at radius 2 is 1.87 bits per heavy atom. The van der Waals surface area contributed by atoms with Gasteiger partial charge in [-0.15, -0.1) is 0 Å². The van der Waals surface area contributed by atoms with E-state index in [1.54, 1.807) is 12.1 Å². The number of hydrogen-bond donors (Lipinski definition) is 2. The minimum Gasteiger partial charge on any atom is -0.381 e. The van der Waals surface area contributed by atoms with Crippen LogP contribution >= 0.6 is 0 Å². The van der Waals surface area contributed by atoms with Crippen LogP contribution in [0.1, 0.15) is 37.3 Å². The van der Waals surface area contributed by atoms with Crippen LogP contribution in [0.3, 0.4) is 0 Å². The third-order valence-electron chi connectivity index (χ3n) is 4.41. The number of carbonyl (C=O) groups excluding carboxylic acids is 1. The number of halogens is 1. The average Bonchev–Trinajstić information content (AvgIpc) is 3.09. The molecule has 0 saturated carbocycles. The first-order chi connectivity index (χ1) is 11.2. The highest BCUT2D eigenvalue weighted by molar-refractivity contribution is 5.75. The maximum absolute atomic E-state index is 13.2. The summed E-state index contributed by atoms with van der Waals surface area (Å²) in [5.74, 6) is -0.286. The summed E-state index contributed by atoms with van der Waals surface area (Å²) < 4.78 is 24.2. The Kier molecular flexibility index (Phi) is 5.46. The van der Waals surface area contributed by atoms with E-state index in [9.17, 15) is 9.18 Å². The second-order valence-electron chi connectivity index (χ2n) is 6.09. The van der Waals surface area contributed by atoms with Crippen LogP contribution in [-0.4, -0.2) is 38.0 Å². The van der Waals surface area contributed by atoms with Crippen molar-refractivity contribution in [2.45, 2.75) is 43.9 Å². The van der Waals surface area contributed by atoms with Gasteiger partial charge in [-0.2, -0.15) is 0 Å². The third-order valence-corrected chi connectivity index (χ3v) is 4.41. The monoisotopic (exact) mass is 322 g/mol. The lowest BCUT2D eigenvalue weighted by molar-refractivity contribution is 0.0740. The zero-order valence-corrected chi connectivity index (χ0v) is 13.1. The van der Waals surface area contributed by atoms with Crippen LogP contribution < -0.4 is 10.6 Å². The zero-order chi connectivity index (χ0) is 16.1. The van der Waals surface area contributed by atoms with Gasteiger partial charge in [-0.1, -0.05) is 12.1 Å². The molecule has 2 aliphatic heterocycles. The highest BCUT2D eigenvalue weighted by Crippen LogP contribution is 2.27. The summed E-state index contributed by atoms with van der Waals surface area (Å²) in [6.45, 7) is 2.06. The Bertz CT molecular complexity index is 511. The molecule has 0 spiro atoms. The molecule has 2 amide bonds. The summed E-state index contributed by atoms with van der Waals surface area (Å²) in [6.07, 6.45) is 3.45. The van der Waals surface area contributed by atoms with Gasteiger partial charge in [-0.3, -0.25) is 0 Å². The molecule has 6 heteroatoms. The van der Waals surface area contributed by atoms with Gasteiger partial charge in [-0.05, 0) is 43.4 Å². The van der Waals surface area contributed by atoms with E-state index < -0.39 is 0 Å². The molecule has 0 aliphatic carbocycles. The lowest BCUT2D eigenvalue weighted by Gasteiger charge is -2.28. The van der Waals surface area contributed by atoms with Crippen molar-refractivity contribution in [1.82, 2.24) is 10.6 Å². The molecule has 2 fully saturated rings. The van der Waals surface area contributed by atoms with Crippen molar-refractivity contribution in [2.24, 2.45) is 0 Å². The van der Waals surface area contributed by atoms with Gasteiger partial charge in [0.15, 0.2) is 0 Å². The van der Waals surface area contributed by atoms with Crippen LogP contribution in [0.4, 0.5) is 9.18 Å². The summed E-state index contributed by atoms with van der Waals surface area (Å²) in [7, 11) is 0. The van der Waals surface area contributed by atoms with Crippen LogP contribution in [-0.2, 0) is 9.47 Å². The number of amides is 2. The van der Waals surface area contributed by atoms with Crippen molar-refractivity contribution in [1.29, 1.82) is 0 Å². The standard InChI is InChI=1S/C17H23FN2O3/c18-13-5-3-12(4-6-13)16(15-2-1-9-23-15)20-17(21)19-14-7-10-22-11-8-14/h3-6,14-16H,1-2,7-11H2,(H2,19,20,21)/t15-,16-/m1/s1. The second kappa shape index (κ2) is 7.75. The fraction of sp³-hybridized carbons (Fsp3) is 0.588. The smallest absolute Gasteiger partial charge is 0.315 e. The molecule has 2 aliphatic rings. The summed E-state index contributed by atoms with van der Waals surface area (Å²) in [4.78, 5) is 12.3. The lowest BCUT2D eigenvalue weighted by atomic mass is 9.99. The van der Waals surface area contributed by atoms with Gasteiger partial charge in [-0.25, -0.2) is 9.18 Å². The Labute approximate surface area is 135 Å². The molecule has 0 bridgehead atoms. The Hall–Kier alpha value is -1.66. The summed E-state index contributed by atoms with van der Waals surface area (Å²) in [6, 6.07) is 5.90. The summed E-state index contributed by atoms with van der Waals surface area (Å²) in [5, 5.41) is 6.00. The molecule has 3 rings (SSSR count). The van der Waals surface area contributed by atoms with Crippen LogP contribution in [0.25, 0.3) is 0 Å². The van der Waals surface area contributed by atoms with Gasteiger partial charge in [0.2, 0.25) is 0 Å². The molecule has 2 N–H and O–H groups in total. The van der Waals surface area contributed by atoms with Crippen molar-refractivity contribution in [3.63, 3.8) is 0 Å². The molecule has 0 aromatic heterocycles. The second-order valence-corrected chi connectivity index (χ2v) is 6.09. The van der Waals surface area contributed by atoms with Crippen molar-refractivity contribution < 1.29 is 18.7 Å². The molecule has 2 atom stereocenters. The van der Waals surface area contributed by atoms with Gasteiger partial charge in [0.05, 0.1) is 12.1 Å². The van der Waals surface area contributed by atoms with Crippen LogP contribution in [0, 0.1) is 5.82 Å². The molecular formula is C17H23FN2O3. The SMILES string of the molecule is O=C(NC1CCOCC1)N[C@H](c1ccc(F)cc1)[C@H]1CCCO1. The molecule has 1 aromatic carbocycles. The molecule has 0 radical (unpaired) electrons. The van der Waals surface area contributed by atoms with Crippen molar-refractivity contribution in [2.75, 3.05) is 19.8 Å². The molecular weight excluding hydrogens is 299 g/mol. The fourth-order valence-corrected chi connectivity index (χ4v) is 3.14. The highest BCUT2D eigenvalue weighted by Gasteiger charge is 2.29. The first kappa shape index (κ1) is 16.2. The first-order valence-corrected chi connectivity index (χ1v) is 8.24. The van der Waals surface area contributed by atoms with E-state index in [2.05, 4.69) is 10.6 Å². The van der Waals surface area contributed by atoms with E-state index >= 15 is 0 Å². The van der Waals surface area contributed by atoms with Crippen molar-refractivity contribution in [3.8, 4) is 0 Å². The molecule has 0 unspecified atom stereocenters. The lowest BCUT2D eigenvalue weighted by Crippen LogP contribution is -2.47. The van der Waals surface area contributed by atoms with Crippen LogP contribution in [0.5, 0.6) is 0 Å². The van der Waals surface area contributed by atoms with Crippen LogP contribution in [0.15, 0.2) is 24.3 Å². The number of nitrogens with one attached hydrogen (secondary N) is 2. The largest absolute Gasteiger partial charge is 0.381 e. The molecule has 2 saturated heterocycles. The average molecular weight is 322 g/mol. The van der Waals surface area contributed by atoms with Gasteiger partial charge in [0.25, 0.3) is 0 Å². The summed E-state index contributed by atoms with van der Waals surface area (Å²) in [5.41, 5.74) is 0.862. The van der Waals surface area contributed by atoms with Crippen molar-refractivity contribution in [3.05, 3.63) is 35.6 Å². The predicted octanol–water partition coefficient (Wildman–Crippen LogP) is 2.52. The number of benzene rings is 1. The van der Waals surface area contributed by atoms with Gasteiger partial charge >= 0.3 is 6.03 Å². The fourth-order valence-electron chi connectivity index (χ4n) is 3.14. The Morgan fingerprint density at radius 1 is 1.13 bits per heavy atom. The molecule has 1 aromatic rings. The number of urea groups is 1. The van der Waals surface area contributed by atoms with E-state index in [-0.39, 0.29) is 30.0 Å². The predicted molar refractivity (Wildman–Crippen MR) is 83.6 cm³/mol. The summed E-state index contributed by atoms with van der Waals surface area (Å²) >= 11 is 0. The first-order valence-electron chi connectivity index (χ1n) is 8.24. The minimum atomic E-state index is -0.286. The molecule has 2 heterocycles. The van der Waals surface area contributed by atoms with E-state index in [1.165, 1.54) is 12.1 Å². The maximum Gasteiger partial charge on any atom is 0.315 e. The Morgan fingerprint density at radius 3 is 2.52 bits per heavy atom. The quantitative estimate of drug-likeness (QED) is 0.895. The molecule has 23 heavy (non-hydrogen) atoms. The van der Waals surface area contributed by atoms with E-state index in [1.807, 2.05) is 0 Å². The number of hydrogen-bond acceptors (Lipinski definition) is 3. The van der Waals surface area contributed by atoms with Crippen LogP contribution in [0.2, 0.25) is 0 Å². The Balaban J connectivity index is 1.65. The van der Waals surface area contributed by atoms with Gasteiger partial charge < -0.3 is 20.1 Å². The third kappa shape index (κ3) is 4.42. The maximum atomic E-state index is 13.2. The minimum absolute atomic E-state index is 0.0686. The molecule has 5 nitrogen and oxygen atoms in total. The van der Waals surface area contributed by atoms with Gasteiger partial charge in [0.1, 0.15) is 5.82 Å². The van der Waals surface area contributed by atoms with Gasteiger partial charge in [0, 0.05) is 25.9 Å². The van der Waals surface area contributed by atoms with E-state index in [0.29, 0.717) is 19.8 Å². The number of rotatable bonds is 4. The van der Waals surface area contributed by atoms with E-state index in [0.717, 1.165) is 31.2 Å². The van der Waals surface area contributed by atoms with E-state index in [4.69, 9.17) is 9.47 Å². The number of carbonyl (C=O) groups is 1. The molecule has 126 valence electrons. The zero-order valence-electron chi connectivity index (χ0n) is 13.1. The topological polar surface area (TPSA) is 59.6 Å². The normalized spacial score (nSPS) is 23.4. The van der Waals surface area contributed by atoms with Crippen molar-refractivity contribution >= 4 is 6.03 Å². The number of ether oxygens (including phenoxy) is 2.